The molecule has 1 saturated carbocycles. The minimum absolute atomic E-state index is 0. The molecule has 1 aromatic carbocycles. The van der Waals surface area contributed by atoms with Crippen molar-refractivity contribution >= 4 is 29.9 Å². The van der Waals surface area contributed by atoms with Crippen LogP contribution in [0, 0.1) is 5.92 Å². The summed E-state index contributed by atoms with van der Waals surface area (Å²) in [6.07, 6.45) is 4.02. The minimum Gasteiger partial charge on any atom is -0.484 e. The van der Waals surface area contributed by atoms with E-state index in [-0.39, 0.29) is 42.8 Å². The van der Waals surface area contributed by atoms with E-state index in [1.54, 1.807) is 18.2 Å². The average Bonchev–Trinajstić information content (AvgIpc) is 3.39. The van der Waals surface area contributed by atoms with E-state index in [2.05, 4.69) is 16.0 Å². The molecule has 1 aliphatic carbocycles. The van der Waals surface area contributed by atoms with Crippen LogP contribution >= 0.6 is 12.4 Å². The third-order valence-electron chi connectivity index (χ3n) is 4.08. The van der Waals surface area contributed by atoms with Gasteiger partial charge < -0.3 is 20.7 Å². The highest BCUT2D eigenvalue weighted by Crippen LogP contribution is 2.30. The zero-order valence-corrected chi connectivity index (χ0v) is 14.4. The number of piperidine rings is 1. The number of ether oxygens (including phenoxy) is 1. The standard InChI is InChI=1S/C17H23N3O3.ClH/c21-16(19-14-4-2-8-18-10-14)11-23-15-5-1-3-13(9-15)20-17(22)12-6-7-12;/h1,3,5,9,12,14,18H,2,4,6-8,10-11H2,(H,19,21)(H,20,22);1H. The van der Waals surface area contributed by atoms with Gasteiger partial charge in [-0.25, -0.2) is 0 Å². The first-order valence-corrected chi connectivity index (χ1v) is 8.24. The van der Waals surface area contributed by atoms with E-state index in [0.717, 1.165) is 38.8 Å². The monoisotopic (exact) mass is 353 g/mol. The van der Waals surface area contributed by atoms with Gasteiger partial charge in [-0.15, -0.1) is 12.4 Å². The fourth-order valence-electron chi connectivity index (χ4n) is 2.65. The van der Waals surface area contributed by atoms with Crippen LogP contribution in [-0.4, -0.2) is 37.6 Å². The van der Waals surface area contributed by atoms with Crippen LogP contribution in [0.2, 0.25) is 0 Å². The molecule has 7 heteroatoms. The van der Waals surface area contributed by atoms with Crippen LogP contribution in [0.4, 0.5) is 5.69 Å². The number of carbonyl (C=O) groups is 2. The number of halogens is 1. The molecule has 24 heavy (non-hydrogen) atoms. The van der Waals surface area contributed by atoms with Crippen LogP contribution in [0.25, 0.3) is 0 Å². The van der Waals surface area contributed by atoms with Crippen molar-refractivity contribution in [2.24, 2.45) is 5.92 Å². The second-order valence-corrected chi connectivity index (χ2v) is 6.19. The van der Waals surface area contributed by atoms with Crippen molar-refractivity contribution in [1.29, 1.82) is 0 Å². The van der Waals surface area contributed by atoms with Crippen molar-refractivity contribution in [3.63, 3.8) is 0 Å². The molecule has 1 heterocycles. The van der Waals surface area contributed by atoms with Crippen LogP contribution in [0.3, 0.4) is 0 Å². The molecule has 1 unspecified atom stereocenters. The van der Waals surface area contributed by atoms with Crippen LogP contribution in [0.5, 0.6) is 5.75 Å². The van der Waals surface area contributed by atoms with Crippen molar-refractivity contribution in [3.05, 3.63) is 24.3 Å². The van der Waals surface area contributed by atoms with Crippen LogP contribution < -0.4 is 20.7 Å². The summed E-state index contributed by atoms with van der Waals surface area (Å²) in [7, 11) is 0. The summed E-state index contributed by atoms with van der Waals surface area (Å²) in [5, 5.41) is 9.09. The molecule has 1 aromatic rings. The summed E-state index contributed by atoms with van der Waals surface area (Å²) < 4.78 is 5.52. The molecule has 1 atom stereocenters. The molecule has 0 bridgehead atoms. The Morgan fingerprint density at radius 1 is 1.25 bits per heavy atom. The highest BCUT2D eigenvalue weighted by molar-refractivity contribution is 5.94. The van der Waals surface area contributed by atoms with Gasteiger partial charge in [0.2, 0.25) is 5.91 Å². The highest BCUT2D eigenvalue weighted by Gasteiger charge is 2.29. The fourth-order valence-corrected chi connectivity index (χ4v) is 2.65. The minimum atomic E-state index is -0.119. The number of amides is 2. The first-order chi connectivity index (χ1) is 11.2. The first-order valence-electron chi connectivity index (χ1n) is 8.24. The number of benzene rings is 1. The summed E-state index contributed by atoms with van der Waals surface area (Å²) in [5.74, 6) is 0.681. The van der Waals surface area contributed by atoms with Gasteiger partial charge in [-0.1, -0.05) is 6.07 Å². The van der Waals surface area contributed by atoms with Crippen LogP contribution in [-0.2, 0) is 9.59 Å². The molecule has 1 saturated heterocycles. The molecule has 0 spiro atoms. The maximum absolute atomic E-state index is 11.9. The van der Waals surface area contributed by atoms with Crippen molar-refractivity contribution in [1.82, 2.24) is 10.6 Å². The Morgan fingerprint density at radius 3 is 2.79 bits per heavy atom. The molecular formula is C17H24ClN3O3. The molecular weight excluding hydrogens is 330 g/mol. The molecule has 2 aliphatic rings. The van der Waals surface area contributed by atoms with Gasteiger partial charge in [0.25, 0.3) is 5.91 Å². The molecule has 2 amide bonds. The smallest absolute Gasteiger partial charge is 0.258 e. The van der Waals surface area contributed by atoms with Gasteiger partial charge in [-0.3, -0.25) is 9.59 Å². The lowest BCUT2D eigenvalue weighted by Crippen LogP contribution is -2.46. The Bertz CT molecular complexity index is 572. The predicted octanol–water partition coefficient (Wildman–Crippen LogP) is 1.70. The molecule has 3 N–H and O–H groups in total. The van der Waals surface area contributed by atoms with E-state index in [0.29, 0.717) is 11.4 Å². The van der Waals surface area contributed by atoms with Gasteiger partial charge in [-0.05, 0) is 44.4 Å². The van der Waals surface area contributed by atoms with Crippen molar-refractivity contribution in [3.8, 4) is 5.75 Å². The zero-order chi connectivity index (χ0) is 16.1. The summed E-state index contributed by atoms with van der Waals surface area (Å²) >= 11 is 0. The lowest BCUT2D eigenvalue weighted by molar-refractivity contribution is -0.124. The molecule has 1 aliphatic heterocycles. The third kappa shape index (κ3) is 5.69. The summed E-state index contributed by atoms with van der Waals surface area (Å²) in [6.45, 7) is 1.81. The van der Waals surface area contributed by atoms with Gasteiger partial charge in [-0.2, -0.15) is 0 Å². The quantitative estimate of drug-likeness (QED) is 0.727. The largest absolute Gasteiger partial charge is 0.484 e. The molecule has 0 aromatic heterocycles. The number of nitrogens with one attached hydrogen (secondary N) is 3. The van der Waals surface area contributed by atoms with Crippen molar-refractivity contribution in [2.75, 3.05) is 25.0 Å². The Morgan fingerprint density at radius 2 is 2.08 bits per heavy atom. The lowest BCUT2D eigenvalue weighted by Gasteiger charge is -2.23. The van der Waals surface area contributed by atoms with Crippen molar-refractivity contribution in [2.45, 2.75) is 31.7 Å². The van der Waals surface area contributed by atoms with Gasteiger partial charge in [0.15, 0.2) is 6.61 Å². The topological polar surface area (TPSA) is 79.5 Å². The number of anilines is 1. The maximum Gasteiger partial charge on any atom is 0.258 e. The first kappa shape index (κ1) is 18.5. The van der Waals surface area contributed by atoms with Crippen LogP contribution in [0.15, 0.2) is 24.3 Å². The summed E-state index contributed by atoms with van der Waals surface area (Å²) in [5.41, 5.74) is 0.705. The van der Waals surface area contributed by atoms with Gasteiger partial charge in [0, 0.05) is 30.3 Å². The predicted molar refractivity (Wildman–Crippen MR) is 94.6 cm³/mol. The van der Waals surface area contributed by atoms with Gasteiger partial charge in [0.1, 0.15) is 5.75 Å². The van der Waals surface area contributed by atoms with E-state index in [1.165, 1.54) is 0 Å². The highest BCUT2D eigenvalue weighted by atomic mass is 35.5. The molecule has 3 rings (SSSR count). The fraction of sp³-hybridized carbons (Fsp3) is 0.529. The molecule has 2 fully saturated rings. The zero-order valence-electron chi connectivity index (χ0n) is 13.5. The Labute approximate surface area is 148 Å². The third-order valence-corrected chi connectivity index (χ3v) is 4.08. The number of hydrogen-bond acceptors (Lipinski definition) is 4. The molecule has 0 radical (unpaired) electrons. The second-order valence-electron chi connectivity index (χ2n) is 6.19. The van der Waals surface area contributed by atoms with E-state index in [1.807, 2.05) is 6.07 Å². The number of hydrogen-bond donors (Lipinski definition) is 3. The molecule has 6 nitrogen and oxygen atoms in total. The maximum atomic E-state index is 11.9. The van der Waals surface area contributed by atoms with Crippen molar-refractivity contribution < 1.29 is 14.3 Å². The van der Waals surface area contributed by atoms with Crippen LogP contribution in [0.1, 0.15) is 25.7 Å². The van der Waals surface area contributed by atoms with E-state index in [4.69, 9.17) is 4.74 Å². The summed E-state index contributed by atoms with van der Waals surface area (Å²) in [4.78, 5) is 23.7. The number of rotatable bonds is 6. The van der Waals surface area contributed by atoms with E-state index in [9.17, 15) is 9.59 Å². The Balaban J connectivity index is 0.00000208. The number of carbonyl (C=O) groups excluding carboxylic acids is 2. The average molecular weight is 354 g/mol. The van der Waals surface area contributed by atoms with Gasteiger partial charge >= 0.3 is 0 Å². The Hall–Kier alpha value is -1.79. The molecule has 132 valence electrons. The SMILES string of the molecule is Cl.O=C(COc1cccc(NC(=O)C2CC2)c1)NC1CCCNC1. The van der Waals surface area contributed by atoms with Gasteiger partial charge in [0.05, 0.1) is 0 Å². The Kier molecular flexibility index (Phi) is 6.87. The second kappa shape index (κ2) is 8.89. The lowest BCUT2D eigenvalue weighted by atomic mass is 10.1. The van der Waals surface area contributed by atoms with E-state index >= 15 is 0 Å². The normalized spacial score (nSPS) is 19.8. The van der Waals surface area contributed by atoms with E-state index < -0.39 is 0 Å². The summed E-state index contributed by atoms with van der Waals surface area (Å²) in [6, 6.07) is 7.34.